The summed E-state index contributed by atoms with van der Waals surface area (Å²) in [4.78, 5) is 0. The summed E-state index contributed by atoms with van der Waals surface area (Å²) in [6.45, 7) is 5.05. The molecule has 6 aliphatic carbocycles. The van der Waals surface area contributed by atoms with E-state index in [0.717, 1.165) is 46.1 Å². The lowest BCUT2D eigenvalue weighted by Gasteiger charge is -2.51. The molecule has 0 heterocycles. The summed E-state index contributed by atoms with van der Waals surface area (Å²) >= 11 is 0. The molecule has 4 bridgehead atoms. The highest BCUT2D eigenvalue weighted by atomic mass is 19.4. The maximum atomic E-state index is 14.0. The molecule has 378 valence electrons. The summed E-state index contributed by atoms with van der Waals surface area (Å²) in [7, 11) is 0.938. The third-order valence-corrected chi connectivity index (χ3v) is 15.7. The van der Waals surface area contributed by atoms with E-state index in [4.69, 9.17) is 9.47 Å². The Hall–Kier alpha value is -1.42. The molecule has 11 atom stereocenters. The van der Waals surface area contributed by atoms with Crippen molar-refractivity contribution >= 4 is 0 Å². The molecule has 0 aromatic heterocycles. The van der Waals surface area contributed by atoms with Gasteiger partial charge in [-0.1, -0.05) is 40.5 Å². The Bertz CT molecular complexity index is 1440. The zero-order valence-electron chi connectivity index (χ0n) is 36.5. The van der Waals surface area contributed by atoms with E-state index in [9.17, 15) is 79.0 Å². The van der Waals surface area contributed by atoms with Crippen LogP contribution in [0.4, 0.5) is 79.0 Å². The molecule has 6 saturated carbocycles. The summed E-state index contributed by atoms with van der Waals surface area (Å²) in [5.74, 6) is -0.475. The van der Waals surface area contributed by atoms with Gasteiger partial charge in [0.2, 0.25) is 0 Å². The molecule has 0 saturated heterocycles. The predicted octanol–water partition coefficient (Wildman–Crippen LogP) is 14.8. The van der Waals surface area contributed by atoms with Crippen molar-refractivity contribution < 1.29 is 98.0 Å². The van der Waals surface area contributed by atoms with Crippen molar-refractivity contribution in [1.82, 2.24) is 0 Å². The molecule has 64 heavy (non-hydrogen) atoms. The Morgan fingerprint density at radius 2 is 1.11 bits per heavy atom. The average molecular weight is 971 g/mol. The fourth-order valence-corrected chi connectivity index (χ4v) is 12.1. The van der Waals surface area contributed by atoms with E-state index >= 15 is 0 Å². The Morgan fingerprint density at radius 3 is 1.53 bits per heavy atom. The summed E-state index contributed by atoms with van der Waals surface area (Å²) in [5.41, 5.74) is -11.9. The van der Waals surface area contributed by atoms with Crippen LogP contribution in [-0.2, 0) is 18.9 Å². The normalized spacial score (nSPS) is 32.5. The summed E-state index contributed by atoms with van der Waals surface area (Å²) in [5, 5.41) is 0. The van der Waals surface area contributed by atoms with Crippen LogP contribution < -0.4 is 0 Å². The maximum Gasteiger partial charge on any atom is 0.426 e. The highest BCUT2D eigenvalue weighted by Gasteiger charge is 2.78. The highest BCUT2D eigenvalue weighted by Crippen LogP contribution is 2.68. The Balaban J connectivity index is 0.000000224. The first-order valence-corrected chi connectivity index (χ1v) is 21.8. The Labute approximate surface area is 361 Å². The molecule has 0 aromatic carbocycles. The summed E-state index contributed by atoms with van der Waals surface area (Å²) < 4.78 is 253. The zero-order valence-corrected chi connectivity index (χ0v) is 36.5. The van der Waals surface area contributed by atoms with Gasteiger partial charge in [0.25, 0.3) is 11.2 Å². The quantitative estimate of drug-likeness (QED) is 0.144. The van der Waals surface area contributed by atoms with E-state index < -0.39 is 97.9 Å². The number of methoxy groups -OCH3 is 1. The lowest BCUT2D eigenvalue weighted by atomic mass is 9.55. The van der Waals surface area contributed by atoms with Crippen LogP contribution in [-0.4, -0.2) is 75.1 Å². The number of hydrogen-bond donors (Lipinski definition) is 0. The molecular weight excluding hydrogens is 910 g/mol. The number of rotatable bonds is 12. The molecule has 11 unspecified atom stereocenters. The molecule has 0 radical (unpaired) electrons. The second kappa shape index (κ2) is 19.5. The second-order valence-electron chi connectivity index (χ2n) is 19.6. The number of halogens is 18. The van der Waals surface area contributed by atoms with Crippen LogP contribution in [0.5, 0.6) is 0 Å². The van der Waals surface area contributed by atoms with E-state index in [-0.39, 0.29) is 36.2 Å². The second-order valence-corrected chi connectivity index (χ2v) is 19.6. The van der Waals surface area contributed by atoms with Crippen LogP contribution in [0.25, 0.3) is 0 Å². The van der Waals surface area contributed by atoms with Gasteiger partial charge in [-0.05, 0) is 137 Å². The van der Waals surface area contributed by atoms with Crippen LogP contribution >= 0.6 is 0 Å². The lowest BCUT2D eigenvalue weighted by Crippen LogP contribution is -2.64. The minimum absolute atomic E-state index is 0.0666. The van der Waals surface area contributed by atoms with Crippen LogP contribution in [0.1, 0.15) is 118 Å². The first kappa shape index (κ1) is 55.2. The van der Waals surface area contributed by atoms with Crippen molar-refractivity contribution in [1.29, 1.82) is 0 Å². The van der Waals surface area contributed by atoms with Gasteiger partial charge < -0.3 is 18.9 Å². The van der Waals surface area contributed by atoms with E-state index in [1.165, 1.54) is 0 Å². The van der Waals surface area contributed by atoms with Gasteiger partial charge in [-0.25, -0.2) is 0 Å². The van der Waals surface area contributed by atoms with Gasteiger partial charge in [0.05, 0.1) is 6.10 Å². The van der Waals surface area contributed by atoms with Crippen molar-refractivity contribution in [3.05, 3.63) is 0 Å². The fraction of sp³-hybridized carbons (Fsp3) is 1.00. The van der Waals surface area contributed by atoms with Crippen molar-refractivity contribution in [2.24, 2.45) is 70.5 Å². The lowest BCUT2D eigenvalue weighted by molar-refractivity contribution is -0.415. The molecule has 0 spiro atoms. The van der Waals surface area contributed by atoms with Gasteiger partial charge in [0, 0.05) is 13.0 Å². The number of alkyl halides is 18. The van der Waals surface area contributed by atoms with Gasteiger partial charge >= 0.3 is 37.1 Å². The van der Waals surface area contributed by atoms with Gasteiger partial charge in [-0.3, -0.25) is 0 Å². The molecule has 0 aliphatic heterocycles. The van der Waals surface area contributed by atoms with E-state index in [1.54, 1.807) is 0 Å². The molecule has 0 N–H and O–H groups in total. The number of fused-ring (bicyclic) bond motifs is 7. The monoisotopic (exact) mass is 970 g/mol. The molecule has 0 amide bonds. The molecule has 22 heteroatoms. The van der Waals surface area contributed by atoms with Gasteiger partial charge in [-0.2, -0.15) is 79.0 Å². The molecule has 6 aliphatic rings. The van der Waals surface area contributed by atoms with Crippen molar-refractivity contribution in [3.63, 3.8) is 0 Å². The minimum Gasteiger partial charge on any atom is -0.359 e. The van der Waals surface area contributed by atoms with Crippen LogP contribution in [0.15, 0.2) is 0 Å². The average Bonchev–Trinajstić information content (AvgIpc) is 3.92. The first-order chi connectivity index (χ1) is 29.0. The van der Waals surface area contributed by atoms with Crippen LogP contribution in [0.2, 0.25) is 0 Å². The van der Waals surface area contributed by atoms with Crippen molar-refractivity contribution in [3.8, 4) is 0 Å². The smallest absolute Gasteiger partial charge is 0.359 e. The highest BCUT2D eigenvalue weighted by molar-refractivity contribution is 5.09. The van der Waals surface area contributed by atoms with Crippen LogP contribution in [0.3, 0.4) is 0 Å². The predicted molar refractivity (Wildman–Crippen MR) is 195 cm³/mol. The number of ether oxygens (including phenoxy) is 4. The molecule has 4 nitrogen and oxygen atoms in total. The van der Waals surface area contributed by atoms with Crippen molar-refractivity contribution in [2.45, 2.75) is 172 Å². The van der Waals surface area contributed by atoms with Crippen LogP contribution in [0, 0.1) is 70.5 Å². The topological polar surface area (TPSA) is 36.9 Å². The Morgan fingerprint density at radius 1 is 0.562 bits per heavy atom. The zero-order chi connectivity index (χ0) is 48.9. The third-order valence-electron chi connectivity index (χ3n) is 15.7. The van der Waals surface area contributed by atoms with Gasteiger partial charge in [-0.15, -0.1) is 0 Å². The fourth-order valence-electron chi connectivity index (χ4n) is 12.1. The third kappa shape index (κ3) is 10.7. The van der Waals surface area contributed by atoms with Gasteiger partial charge in [0.15, 0.2) is 5.41 Å². The number of hydrogen-bond acceptors (Lipinski definition) is 4. The van der Waals surface area contributed by atoms with Gasteiger partial charge in [0.1, 0.15) is 13.6 Å². The maximum absolute atomic E-state index is 14.0. The molecule has 6 fully saturated rings. The van der Waals surface area contributed by atoms with E-state index in [0.29, 0.717) is 62.7 Å². The molecule has 6 rings (SSSR count). The largest absolute Gasteiger partial charge is 0.426 e. The summed E-state index contributed by atoms with van der Waals surface area (Å²) in [6, 6.07) is 0. The van der Waals surface area contributed by atoms with E-state index in [2.05, 4.69) is 9.47 Å². The molecular formula is C42H60F18O4. The standard InChI is InChI=1S/C21H32F6O2.C14H18F6.C7H10F6O2/c1-12(2)16-7-4-13(3)8-18(16)28-11-29-19(20(22,23)24,21(25,26)27)17-10-14-5-6-15(17)9-14;1-12(13(15,16)17,14(18,19)20)6-9-5-10-7-2-3-8(4-7)11(9)10;1-3-5(6(8,9)10,7(11,12)13)15-4-14-2/h12-18H,4-11H2,1-3H3;7-11H,2-6H2,1H3;3-4H2,1-2H3. The van der Waals surface area contributed by atoms with E-state index in [1.807, 2.05) is 20.8 Å². The SMILES string of the molecule is CC(CC1CC2C3CCC(C3)C12)(C(F)(F)F)C(F)(F)F.CC1CCC(C(C)C)C(OCOC(C2CC3CCC2C3)(C(F)(F)F)C(F)(F)F)C1.CCC(OCOC)(C(F)(F)F)C(F)(F)F. The van der Waals surface area contributed by atoms with Crippen molar-refractivity contribution in [2.75, 3.05) is 20.7 Å². The molecule has 0 aromatic rings. The Kier molecular flexibility index (Phi) is 16.8. The minimum atomic E-state index is -5.54. The first-order valence-electron chi connectivity index (χ1n) is 21.8. The summed E-state index contributed by atoms with van der Waals surface area (Å²) in [6.07, 6.45) is -27.4.